The number of hydrogen-bond acceptors (Lipinski definition) is 1. The summed E-state index contributed by atoms with van der Waals surface area (Å²) in [6, 6.07) is 37.1. The molecule has 0 bridgehead atoms. The van der Waals surface area contributed by atoms with Crippen molar-refractivity contribution in [2.75, 3.05) is 0 Å². The maximum atomic E-state index is 4.51. The molecule has 2 aliphatic rings. The summed E-state index contributed by atoms with van der Waals surface area (Å²) in [4.78, 5) is 4.51. The standard InChI is InChI=1S/2C14H14N.C13H12N.Ir/c1-10-7-14-13-6-4-3-5-12(13)9-15(14)8-11(10)2;1-10-7-11(2)14-13-6-4-3-5-12(13)9-15(14)8-10;1-10-8-9-13(14-11(10)2)12-6-4-3-5-7-12;/h2*3-8H,9H2,1-2H3;3-6,8-9H,1-2H3;/q2*+1;-1;. The Kier molecular flexibility index (Phi) is 9.87. The number of rotatable bonds is 1. The summed E-state index contributed by atoms with van der Waals surface area (Å²) in [5, 5.41) is 0. The van der Waals surface area contributed by atoms with Gasteiger partial charge in [-0.1, -0.05) is 48.5 Å². The molecule has 45 heavy (non-hydrogen) atoms. The first kappa shape index (κ1) is 32.2. The maximum absolute atomic E-state index is 4.51. The van der Waals surface area contributed by atoms with Gasteiger partial charge >= 0.3 is 0 Å². The Labute approximate surface area is 281 Å². The summed E-state index contributed by atoms with van der Waals surface area (Å²) in [5.74, 6) is 0. The molecular formula is C41H40IrN3+. The van der Waals surface area contributed by atoms with E-state index >= 15 is 0 Å². The molecule has 0 aliphatic carbocycles. The number of fused-ring (bicyclic) bond motifs is 6. The number of pyridine rings is 3. The second kappa shape index (κ2) is 13.8. The molecule has 3 aromatic carbocycles. The average Bonchev–Trinajstić information content (AvgIpc) is 3.57. The predicted octanol–water partition coefficient (Wildman–Crippen LogP) is 8.40. The molecule has 0 fully saturated rings. The van der Waals surface area contributed by atoms with Gasteiger partial charge in [0.15, 0.2) is 25.5 Å². The third-order valence-corrected chi connectivity index (χ3v) is 8.68. The van der Waals surface area contributed by atoms with Gasteiger partial charge in [-0.3, -0.25) is 0 Å². The van der Waals surface area contributed by atoms with Crippen molar-refractivity contribution in [3.63, 3.8) is 0 Å². The monoisotopic (exact) mass is 767 g/mol. The molecule has 8 rings (SSSR count). The summed E-state index contributed by atoms with van der Waals surface area (Å²) in [6.45, 7) is 14.8. The molecule has 0 atom stereocenters. The predicted molar refractivity (Wildman–Crippen MR) is 179 cm³/mol. The normalized spacial score (nSPS) is 11.4. The second-order valence-electron chi connectivity index (χ2n) is 12.0. The van der Waals surface area contributed by atoms with Crippen LogP contribution in [0.2, 0.25) is 0 Å². The van der Waals surface area contributed by atoms with Crippen LogP contribution in [0, 0.1) is 47.6 Å². The maximum Gasteiger partial charge on any atom is 0.216 e. The van der Waals surface area contributed by atoms with Crippen LogP contribution in [-0.4, -0.2) is 4.98 Å². The molecule has 6 aromatic rings. The molecule has 5 heterocycles. The van der Waals surface area contributed by atoms with Gasteiger partial charge in [0.25, 0.3) is 0 Å². The van der Waals surface area contributed by atoms with Crippen molar-refractivity contribution < 1.29 is 29.2 Å². The van der Waals surface area contributed by atoms with Crippen molar-refractivity contribution in [1.29, 1.82) is 0 Å². The topological polar surface area (TPSA) is 20.6 Å². The molecule has 0 amide bonds. The average molecular weight is 767 g/mol. The van der Waals surface area contributed by atoms with Crippen LogP contribution in [0.3, 0.4) is 0 Å². The second-order valence-corrected chi connectivity index (χ2v) is 12.0. The fraction of sp³-hybridized carbons (Fsp3) is 0.195. The number of aryl methyl sites for hydroxylation is 6. The van der Waals surface area contributed by atoms with Gasteiger partial charge in [-0.15, -0.1) is 35.9 Å². The SMILES string of the molecule is Cc1cc(C)c2[n+](c1)Cc1ccccc1-2.Cc1cc2[n+](cc1C)Cc1ccccc1-2.Cc1ccc(-c2[c-]cccc2)nc1C.[Ir]. The summed E-state index contributed by atoms with van der Waals surface area (Å²) in [5.41, 5.74) is 18.2. The van der Waals surface area contributed by atoms with Crippen LogP contribution in [0.4, 0.5) is 0 Å². The number of aromatic nitrogens is 3. The molecule has 0 N–H and O–H groups in total. The third-order valence-electron chi connectivity index (χ3n) is 8.68. The molecule has 0 saturated carbocycles. The van der Waals surface area contributed by atoms with Crippen molar-refractivity contribution in [1.82, 2.24) is 4.98 Å². The minimum absolute atomic E-state index is 0. The minimum Gasteiger partial charge on any atom is -0.301 e. The zero-order chi connectivity index (χ0) is 30.8. The van der Waals surface area contributed by atoms with E-state index in [4.69, 9.17) is 0 Å². The van der Waals surface area contributed by atoms with E-state index in [1.165, 1.54) is 61.5 Å². The number of hydrogen-bond donors (Lipinski definition) is 0. The van der Waals surface area contributed by atoms with Gasteiger partial charge < -0.3 is 4.98 Å². The Hall–Kier alpha value is -4.24. The number of nitrogens with zero attached hydrogens (tertiary/aromatic N) is 3. The number of benzene rings is 3. The molecule has 1 radical (unpaired) electrons. The van der Waals surface area contributed by atoms with Crippen LogP contribution in [0.15, 0.2) is 109 Å². The van der Waals surface area contributed by atoms with Crippen molar-refractivity contribution in [3.8, 4) is 33.8 Å². The van der Waals surface area contributed by atoms with Crippen LogP contribution in [-0.2, 0) is 33.2 Å². The zero-order valence-corrected chi connectivity index (χ0v) is 29.4. The third kappa shape index (κ3) is 6.88. The molecule has 0 unspecified atom stereocenters. The Balaban J connectivity index is 0.000000132. The summed E-state index contributed by atoms with van der Waals surface area (Å²) >= 11 is 0. The van der Waals surface area contributed by atoms with E-state index in [0.717, 1.165) is 30.0 Å². The first-order valence-electron chi connectivity index (χ1n) is 15.4. The summed E-state index contributed by atoms with van der Waals surface area (Å²) < 4.78 is 4.70. The van der Waals surface area contributed by atoms with Gasteiger partial charge in [-0.05, 0) is 76.6 Å². The Morgan fingerprint density at radius 2 is 1.27 bits per heavy atom. The van der Waals surface area contributed by atoms with E-state index in [9.17, 15) is 0 Å². The Morgan fingerprint density at radius 3 is 1.98 bits per heavy atom. The van der Waals surface area contributed by atoms with Crippen LogP contribution < -0.4 is 9.13 Å². The molecule has 2 aliphatic heterocycles. The van der Waals surface area contributed by atoms with Gasteiger partial charge in [0, 0.05) is 59.7 Å². The van der Waals surface area contributed by atoms with E-state index in [-0.39, 0.29) is 20.1 Å². The van der Waals surface area contributed by atoms with Crippen LogP contribution in [0.1, 0.15) is 44.6 Å². The zero-order valence-electron chi connectivity index (χ0n) is 27.0. The van der Waals surface area contributed by atoms with E-state index in [0.29, 0.717) is 0 Å². The van der Waals surface area contributed by atoms with Gasteiger partial charge in [-0.2, -0.15) is 9.13 Å². The van der Waals surface area contributed by atoms with Crippen molar-refractivity contribution >= 4 is 0 Å². The molecule has 4 heteroatoms. The Morgan fingerprint density at radius 1 is 0.600 bits per heavy atom. The quantitative estimate of drug-likeness (QED) is 0.122. The first-order chi connectivity index (χ1) is 21.3. The van der Waals surface area contributed by atoms with E-state index in [1.54, 1.807) is 0 Å². The van der Waals surface area contributed by atoms with Crippen LogP contribution in [0.25, 0.3) is 33.8 Å². The molecule has 0 spiro atoms. The fourth-order valence-corrected chi connectivity index (χ4v) is 6.14. The van der Waals surface area contributed by atoms with Crippen molar-refractivity contribution in [2.45, 2.75) is 54.6 Å². The van der Waals surface area contributed by atoms with Gasteiger partial charge in [-0.25, -0.2) is 0 Å². The molecular weight excluding hydrogens is 727 g/mol. The van der Waals surface area contributed by atoms with Gasteiger partial charge in [0.05, 0.1) is 11.1 Å². The summed E-state index contributed by atoms with van der Waals surface area (Å²) in [6.07, 6.45) is 4.49. The smallest absolute Gasteiger partial charge is 0.216 e. The largest absolute Gasteiger partial charge is 0.301 e. The van der Waals surface area contributed by atoms with E-state index < -0.39 is 0 Å². The molecule has 3 nitrogen and oxygen atoms in total. The van der Waals surface area contributed by atoms with E-state index in [2.05, 4.69) is 134 Å². The molecule has 227 valence electrons. The Bertz CT molecular complexity index is 1980. The summed E-state index contributed by atoms with van der Waals surface area (Å²) in [7, 11) is 0. The first-order valence-corrected chi connectivity index (χ1v) is 15.4. The van der Waals surface area contributed by atoms with Crippen LogP contribution >= 0.6 is 0 Å². The minimum atomic E-state index is 0. The van der Waals surface area contributed by atoms with Gasteiger partial charge in [0.2, 0.25) is 11.4 Å². The molecule has 0 saturated heterocycles. The van der Waals surface area contributed by atoms with Crippen LogP contribution in [0.5, 0.6) is 0 Å². The van der Waals surface area contributed by atoms with Crippen molar-refractivity contribution in [2.24, 2.45) is 0 Å². The van der Waals surface area contributed by atoms with E-state index in [1.807, 2.05) is 37.3 Å². The van der Waals surface area contributed by atoms with Gasteiger partial charge in [0.1, 0.15) is 0 Å². The fourth-order valence-electron chi connectivity index (χ4n) is 6.14. The molecule has 3 aromatic heterocycles. The van der Waals surface area contributed by atoms with Crippen molar-refractivity contribution in [3.05, 3.63) is 160 Å².